The molecular weight excluding hydrogens is 307 g/mol. The third kappa shape index (κ3) is 4.60. The van der Waals surface area contributed by atoms with Gasteiger partial charge in [0.25, 0.3) is 0 Å². The fourth-order valence-electron chi connectivity index (χ4n) is 1.98. The van der Waals surface area contributed by atoms with Gasteiger partial charge < -0.3 is 10.5 Å². The Morgan fingerprint density at radius 1 is 1.24 bits per heavy atom. The zero-order chi connectivity index (χ0) is 15.2. The van der Waals surface area contributed by atoms with Crippen molar-refractivity contribution in [3.63, 3.8) is 0 Å². The quantitative estimate of drug-likeness (QED) is 0.855. The summed E-state index contributed by atoms with van der Waals surface area (Å²) in [5, 5.41) is 1.25. The maximum Gasteiger partial charge on any atom is 0.137 e. The van der Waals surface area contributed by atoms with E-state index in [4.69, 9.17) is 33.7 Å². The second-order valence-electron chi connectivity index (χ2n) is 4.85. The highest BCUT2D eigenvalue weighted by molar-refractivity contribution is 6.35. The summed E-state index contributed by atoms with van der Waals surface area (Å²) in [5.74, 6) is 0.743. The van der Waals surface area contributed by atoms with Gasteiger partial charge in [-0.2, -0.15) is 0 Å². The molecule has 112 valence electrons. The lowest BCUT2D eigenvalue weighted by Crippen LogP contribution is -2.14. The summed E-state index contributed by atoms with van der Waals surface area (Å²) in [6.07, 6.45) is 5.03. The molecule has 0 aliphatic heterocycles. The Morgan fingerprint density at radius 2 is 2.05 bits per heavy atom. The average Bonchev–Trinajstić information content (AvgIpc) is 2.48. The first kappa shape index (κ1) is 16.1. The first-order chi connectivity index (χ1) is 10.1. The fourth-order valence-corrected chi connectivity index (χ4v) is 2.46. The topological polar surface area (TPSA) is 48.1 Å². The normalized spacial score (nSPS) is 12.2. The molecule has 0 fully saturated rings. The summed E-state index contributed by atoms with van der Waals surface area (Å²) in [6, 6.07) is 7.17. The molecule has 0 spiro atoms. The van der Waals surface area contributed by atoms with Crippen LogP contribution in [0.5, 0.6) is 5.75 Å². The number of aromatic nitrogens is 1. The molecule has 21 heavy (non-hydrogen) atoms. The lowest BCUT2D eigenvalue weighted by Gasteiger charge is -2.14. The van der Waals surface area contributed by atoms with E-state index in [0.717, 1.165) is 23.3 Å². The van der Waals surface area contributed by atoms with Crippen molar-refractivity contribution in [1.29, 1.82) is 0 Å². The number of hydrogen-bond donors (Lipinski definition) is 1. The third-order valence-corrected chi connectivity index (χ3v) is 3.68. The first-order valence-corrected chi connectivity index (χ1v) is 7.63. The van der Waals surface area contributed by atoms with E-state index < -0.39 is 0 Å². The predicted molar refractivity (Wildman–Crippen MR) is 87.1 cm³/mol. The van der Waals surface area contributed by atoms with Crippen LogP contribution in [0.25, 0.3) is 0 Å². The summed E-state index contributed by atoms with van der Waals surface area (Å²) < 4.78 is 5.57. The van der Waals surface area contributed by atoms with Gasteiger partial charge in [0.15, 0.2) is 0 Å². The molecular formula is C16H18Cl2N2O. The SMILES string of the molecule is CCCOc1cncc(C(N)Cc2ccc(Cl)cc2Cl)c1. The number of halogens is 2. The first-order valence-electron chi connectivity index (χ1n) is 6.87. The highest BCUT2D eigenvalue weighted by Crippen LogP contribution is 2.26. The molecule has 1 atom stereocenters. The van der Waals surface area contributed by atoms with Crippen LogP contribution in [0, 0.1) is 0 Å². The second-order valence-corrected chi connectivity index (χ2v) is 5.69. The van der Waals surface area contributed by atoms with Crippen molar-refractivity contribution in [3.8, 4) is 5.75 Å². The van der Waals surface area contributed by atoms with E-state index in [0.29, 0.717) is 23.1 Å². The van der Waals surface area contributed by atoms with Gasteiger partial charge in [0.1, 0.15) is 5.75 Å². The molecule has 2 aromatic rings. The molecule has 0 aliphatic carbocycles. The molecule has 0 aliphatic rings. The molecule has 1 heterocycles. The number of hydrogen-bond acceptors (Lipinski definition) is 3. The molecule has 5 heteroatoms. The Labute approximate surface area is 135 Å². The lowest BCUT2D eigenvalue weighted by atomic mass is 10.0. The van der Waals surface area contributed by atoms with Gasteiger partial charge in [0, 0.05) is 22.3 Å². The minimum Gasteiger partial charge on any atom is -0.492 e. The van der Waals surface area contributed by atoms with E-state index in [-0.39, 0.29) is 6.04 Å². The molecule has 2 N–H and O–H groups in total. The van der Waals surface area contributed by atoms with E-state index in [1.165, 1.54) is 0 Å². The minimum atomic E-state index is -0.193. The van der Waals surface area contributed by atoms with Crippen LogP contribution in [0.2, 0.25) is 10.0 Å². The second kappa shape index (κ2) is 7.64. The standard InChI is InChI=1S/C16H18Cl2N2O/c1-2-5-21-14-6-12(9-20-10-14)16(19)7-11-3-4-13(17)8-15(11)18/h3-4,6,8-10,16H,2,5,7,19H2,1H3. The number of rotatable bonds is 6. The molecule has 1 unspecified atom stereocenters. The minimum absolute atomic E-state index is 0.193. The van der Waals surface area contributed by atoms with Gasteiger partial charge in [-0.3, -0.25) is 4.98 Å². The van der Waals surface area contributed by atoms with E-state index in [1.54, 1.807) is 18.5 Å². The van der Waals surface area contributed by atoms with Crippen molar-refractivity contribution in [2.45, 2.75) is 25.8 Å². The zero-order valence-corrected chi connectivity index (χ0v) is 13.4. The summed E-state index contributed by atoms with van der Waals surface area (Å²) in [4.78, 5) is 4.18. The lowest BCUT2D eigenvalue weighted by molar-refractivity contribution is 0.315. The van der Waals surface area contributed by atoms with Gasteiger partial charge in [-0.15, -0.1) is 0 Å². The van der Waals surface area contributed by atoms with Crippen molar-refractivity contribution in [3.05, 3.63) is 57.8 Å². The van der Waals surface area contributed by atoms with Crippen molar-refractivity contribution in [2.75, 3.05) is 6.61 Å². The predicted octanol–water partition coefficient (Wildman–Crippen LogP) is 4.42. The van der Waals surface area contributed by atoms with Crippen molar-refractivity contribution in [1.82, 2.24) is 4.98 Å². The molecule has 1 aromatic heterocycles. The zero-order valence-electron chi connectivity index (χ0n) is 11.9. The molecule has 2 rings (SSSR count). The summed E-state index contributed by atoms with van der Waals surface area (Å²) in [5.41, 5.74) is 8.14. The van der Waals surface area contributed by atoms with Gasteiger partial charge in [-0.05, 0) is 42.2 Å². The average molecular weight is 325 g/mol. The van der Waals surface area contributed by atoms with E-state index in [2.05, 4.69) is 11.9 Å². The third-order valence-electron chi connectivity index (χ3n) is 3.09. The number of nitrogens with zero attached hydrogens (tertiary/aromatic N) is 1. The smallest absolute Gasteiger partial charge is 0.137 e. The molecule has 3 nitrogen and oxygen atoms in total. The van der Waals surface area contributed by atoms with E-state index >= 15 is 0 Å². The van der Waals surface area contributed by atoms with Crippen molar-refractivity contribution < 1.29 is 4.74 Å². The van der Waals surface area contributed by atoms with Crippen LogP contribution >= 0.6 is 23.2 Å². The molecule has 0 amide bonds. The van der Waals surface area contributed by atoms with E-state index in [9.17, 15) is 0 Å². The summed E-state index contributed by atoms with van der Waals surface area (Å²) in [7, 11) is 0. The summed E-state index contributed by atoms with van der Waals surface area (Å²) >= 11 is 12.1. The Hall–Kier alpha value is -1.29. The largest absolute Gasteiger partial charge is 0.492 e. The number of nitrogens with two attached hydrogens (primary N) is 1. The molecule has 1 aromatic carbocycles. The maximum absolute atomic E-state index is 6.24. The Kier molecular flexibility index (Phi) is 5.85. The van der Waals surface area contributed by atoms with Gasteiger partial charge in [0.2, 0.25) is 0 Å². The highest BCUT2D eigenvalue weighted by atomic mass is 35.5. The molecule has 0 radical (unpaired) electrons. The van der Waals surface area contributed by atoms with Crippen LogP contribution in [-0.2, 0) is 6.42 Å². The summed E-state index contributed by atoms with van der Waals surface area (Å²) in [6.45, 7) is 2.73. The molecule has 0 saturated carbocycles. The fraction of sp³-hybridized carbons (Fsp3) is 0.312. The van der Waals surface area contributed by atoms with Crippen molar-refractivity contribution in [2.24, 2.45) is 5.73 Å². The number of pyridine rings is 1. The van der Waals surface area contributed by atoms with E-state index in [1.807, 2.05) is 18.2 Å². The van der Waals surface area contributed by atoms with Gasteiger partial charge in [-0.1, -0.05) is 36.2 Å². The molecule has 0 bridgehead atoms. The van der Waals surface area contributed by atoms with Crippen molar-refractivity contribution >= 4 is 23.2 Å². The Morgan fingerprint density at radius 3 is 2.76 bits per heavy atom. The van der Waals surface area contributed by atoms with Gasteiger partial charge >= 0.3 is 0 Å². The highest BCUT2D eigenvalue weighted by Gasteiger charge is 2.11. The molecule has 0 saturated heterocycles. The van der Waals surface area contributed by atoms with Crippen LogP contribution in [0.4, 0.5) is 0 Å². The van der Waals surface area contributed by atoms with Crippen LogP contribution in [0.15, 0.2) is 36.7 Å². The Balaban J connectivity index is 2.10. The number of ether oxygens (including phenoxy) is 1. The van der Waals surface area contributed by atoms with Gasteiger partial charge in [-0.25, -0.2) is 0 Å². The van der Waals surface area contributed by atoms with Crippen LogP contribution in [-0.4, -0.2) is 11.6 Å². The maximum atomic E-state index is 6.24. The van der Waals surface area contributed by atoms with Gasteiger partial charge in [0.05, 0.1) is 12.8 Å². The van der Waals surface area contributed by atoms with Crippen LogP contribution in [0.3, 0.4) is 0 Å². The Bertz CT molecular complexity index is 605. The van der Waals surface area contributed by atoms with Crippen LogP contribution < -0.4 is 10.5 Å². The monoisotopic (exact) mass is 324 g/mol. The van der Waals surface area contributed by atoms with Crippen LogP contribution in [0.1, 0.15) is 30.5 Å². The number of benzene rings is 1.